The zero-order valence-electron chi connectivity index (χ0n) is 19.8. The van der Waals surface area contributed by atoms with Gasteiger partial charge in [0.15, 0.2) is 0 Å². The number of hydrogen-bond acceptors (Lipinski definition) is 5. The molecular formula is C25H31N5O3. The molecule has 1 unspecified atom stereocenters. The van der Waals surface area contributed by atoms with Gasteiger partial charge in [0, 0.05) is 37.4 Å². The van der Waals surface area contributed by atoms with E-state index in [1.54, 1.807) is 24.3 Å². The number of urea groups is 1. The van der Waals surface area contributed by atoms with Gasteiger partial charge in [-0.15, -0.1) is 0 Å². The number of benzene rings is 1. The van der Waals surface area contributed by atoms with Gasteiger partial charge in [-0.05, 0) is 55.5 Å². The van der Waals surface area contributed by atoms with Crippen LogP contribution in [0.3, 0.4) is 0 Å². The highest BCUT2D eigenvalue weighted by molar-refractivity contribution is 6.07. The van der Waals surface area contributed by atoms with Crippen LogP contribution in [-0.2, 0) is 10.3 Å². The largest absolute Gasteiger partial charge is 0.353 e. The number of piperazine rings is 1. The Kier molecular flexibility index (Phi) is 5.86. The number of aromatic nitrogens is 1. The van der Waals surface area contributed by atoms with Gasteiger partial charge in [0.05, 0.1) is 0 Å². The van der Waals surface area contributed by atoms with Crippen molar-refractivity contribution in [1.29, 1.82) is 0 Å². The maximum absolute atomic E-state index is 13.3. The molecule has 2 atom stereocenters. The Balaban J connectivity index is 1.50. The lowest BCUT2D eigenvalue weighted by Gasteiger charge is -2.41. The smallest absolute Gasteiger partial charge is 0.322 e. The summed E-state index contributed by atoms with van der Waals surface area (Å²) >= 11 is 0. The van der Waals surface area contributed by atoms with Crippen LogP contribution < -0.4 is 15.5 Å². The minimum atomic E-state index is -1.13. The monoisotopic (exact) mass is 449 g/mol. The Bertz CT molecular complexity index is 1100. The number of amides is 4. The van der Waals surface area contributed by atoms with Crippen LogP contribution in [-0.4, -0.2) is 53.4 Å². The van der Waals surface area contributed by atoms with E-state index >= 15 is 0 Å². The summed E-state index contributed by atoms with van der Waals surface area (Å²) in [6, 6.07) is 8.66. The molecule has 2 aliphatic rings. The molecule has 0 spiro atoms. The first-order valence-electron chi connectivity index (χ1n) is 11.4. The van der Waals surface area contributed by atoms with Crippen LogP contribution in [0.1, 0.15) is 47.8 Å². The minimum Gasteiger partial charge on any atom is -0.353 e. The number of hydrogen-bond donors (Lipinski definition) is 2. The van der Waals surface area contributed by atoms with E-state index < -0.39 is 11.6 Å². The average Bonchev–Trinajstić information content (AvgIpc) is 3.08. The lowest BCUT2D eigenvalue weighted by atomic mass is 9.79. The number of carbonyl (C=O) groups excluding carboxylic acids is 3. The normalized spacial score (nSPS) is 23.0. The van der Waals surface area contributed by atoms with Crippen molar-refractivity contribution >= 4 is 23.7 Å². The highest BCUT2D eigenvalue weighted by atomic mass is 16.2. The molecule has 2 saturated heterocycles. The minimum absolute atomic E-state index is 0.0235. The third-order valence-electron chi connectivity index (χ3n) is 6.72. The van der Waals surface area contributed by atoms with Crippen molar-refractivity contribution in [2.24, 2.45) is 5.92 Å². The van der Waals surface area contributed by atoms with Gasteiger partial charge in [-0.3, -0.25) is 14.9 Å². The number of imide groups is 1. The van der Waals surface area contributed by atoms with Crippen LogP contribution in [0.4, 0.5) is 10.6 Å². The molecule has 4 rings (SSSR count). The second kappa shape index (κ2) is 8.50. The standard InChI is InChI=1S/C25H31N5O3/c1-15(2)25(23(32)27-24(33)28-25)20-8-6-19(7-9-20)22(31)30-11-10-29(14-18(30)5)21-17(4)12-16(3)13-26-21/h6-9,12-13,15,18H,10-11,14H2,1-5H3,(H2,27,28,32,33)/t18?,25-/m1/s1. The number of aryl methyl sites for hydroxylation is 2. The second-order valence-corrected chi connectivity index (χ2v) is 9.40. The number of anilines is 1. The third kappa shape index (κ3) is 3.94. The first-order valence-corrected chi connectivity index (χ1v) is 11.4. The Morgan fingerprint density at radius 1 is 1.15 bits per heavy atom. The van der Waals surface area contributed by atoms with Crippen molar-refractivity contribution in [1.82, 2.24) is 20.5 Å². The SMILES string of the molecule is Cc1cnc(N2CCN(C(=O)c3ccc([C@@]4(C(C)C)NC(=O)NC4=O)cc3)C(C)C2)c(C)c1. The molecule has 8 nitrogen and oxygen atoms in total. The molecule has 1 aromatic carbocycles. The van der Waals surface area contributed by atoms with Gasteiger partial charge in [0.1, 0.15) is 11.4 Å². The molecule has 3 heterocycles. The Morgan fingerprint density at radius 3 is 2.39 bits per heavy atom. The van der Waals surface area contributed by atoms with Crippen LogP contribution in [0.5, 0.6) is 0 Å². The second-order valence-electron chi connectivity index (χ2n) is 9.40. The van der Waals surface area contributed by atoms with Crippen molar-refractivity contribution in [2.45, 2.75) is 46.2 Å². The third-order valence-corrected chi connectivity index (χ3v) is 6.72. The van der Waals surface area contributed by atoms with Crippen LogP contribution in [0, 0.1) is 19.8 Å². The fraction of sp³-hybridized carbons (Fsp3) is 0.440. The van der Waals surface area contributed by atoms with E-state index in [1.807, 2.05) is 38.8 Å². The van der Waals surface area contributed by atoms with Gasteiger partial charge >= 0.3 is 6.03 Å². The number of carbonyl (C=O) groups is 3. The molecule has 2 aromatic rings. The average molecular weight is 450 g/mol. The van der Waals surface area contributed by atoms with Crippen LogP contribution in [0.2, 0.25) is 0 Å². The lowest BCUT2D eigenvalue weighted by Crippen LogP contribution is -2.54. The van der Waals surface area contributed by atoms with Crippen LogP contribution in [0.25, 0.3) is 0 Å². The molecule has 0 bridgehead atoms. The molecule has 2 aliphatic heterocycles. The molecule has 2 N–H and O–H groups in total. The van der Waals surface area contributed by atoms with E-state index in [-0.39, 0.29) is 23.8 Å². The van der Waals surface area contributed by atoms with E-state index in [0.717, 1.165) is 16.9 Å². The van der Waals surface area contributed by atoms with Gasteiger partial charge in [-0.2, -0.15) is 0 Å². The van der Waals surface area contributed by atoms with Gasteiger partial charge in [-0.25, -0.2) is 9.78 Å². The maximum atomic E-state index is 13.3. The maximum Gasteiger partial charge on any atom is 0.322 e. The fourth-order valence-electron chi connectivity index (χ4n) is 4.94. The highest BCUT2D eigenvalue weighted by Gasteiger charge is 2.50. The summed E-state index contributed by atoms with van der Waals surface area (Å²) in [6.07, 6.45) is 1.88. The topological polar surface area (TPSA) is 94.6 Å². The summed E-state index contributed by atoms with van der Waals surface area (Å²) in [5, 5.41) is 5.11. The molecule has 4 amide bonds. The van der Waals surface area contributed by atoms with E-state index in [1.165, 1.54) is 0 Å². The Hall–Kier alpha value is -3.42. The number of nitrogens with one attached hydrogen (secondary N) is 2. The van der Waals surface area contributed by atoms with E-state index in [2.05, 4.69) is 33.5 Å². The van der Waals surface area contributed by atoms with Crippen molar-refractivity contribution in [2.75, 3.05) is 24.5 Å². The number of pyridine rings is 1. The summed E-state index contributed by atoms with van der Waals surface area (Å²) in [5.41, 5.74) is 2.37. The van der Waals surface area contributed by atoms with Crippen LogP contribution in [0.15, 0.2) is 36.5 Å². The molecule has 0 aliphatic carbocycles. The van der Waals surface area contributed by atoms with Crippen molar-refractivity contribution in [3.8, 4) is 0 Å². The van der Waals surface area contributed by atoms with Crippen LogP contribution >= 0.6 is 0 Å². The summed E-state index contributed by atoms with van der Waals surface area (Å²) in [5.74, 6) is 0.407. The molecule has 33 heavy (non-hydrogen) atoms. The predicted molar refractivity (Wildman–Crippen MR) is 126 cm³/mol. The first kappa shape index (κ1) is 22.8. The quantitative estimate of drug-likeness (QED) is 0.700. The first-order chi connectivity index (χ1) is 15.6. The fourth-order valence-corrected chi connectivity index (χ4v) is 4.94. The van der Waals surface area contributed by atoms with Gasteiger partial charge in [0.25, 0.3) is 11.8 Å². The van der Waals surface area contributed by atoms with Gasteiger partial charge < -0.3 is 15.1 Å². The lowest BCUT2D eigenvalue weighted by molar-refractivity contribution is -0.125. The zero-order chi connectivity index (χ0) is 23.9. The molecule has 0 radical (unpaired) electrons. The van der Waals surface area contributed by atoms with E-state index in [0.29, 0.717) is 30.8 Å². The highest BCUT2D eigenvalue weighted by Crippen LogP contribution is 2.33. The van der Waals surface area contributed by atoms with Gasteiger partial charge in [-0.1, -0.05) is 32.0 Å². The molecule has 0 saturated carbocycles. The van der Waals surface area contributed by atoms with Crippen molar-refractivity contribution in [3.05, 3.63) is 58.8 Å². The molecule has 2 fully saturated rings. The number of nitrogens with zero attached hydrogens (tertiary/aromatic N) is 3. The Labute approximate surface area is 194 Å². The van der Waals surface area contributed by atoms with Gasteiger partial charge in [0.2, 0.25) is 0 Å². The summed E-state index contributed by atoms with van der Waals surface area (Å²) in [6.45, 7) is 11.9. The zero-order valence-corrected chi connectivity index (χ0v) is 19.8. The summed E-state index contributed by atoms with van der Waals surface area (Å²) in [4.78, 5) is 46.4. The molecule has 8 heteroatoms. The summed E-state index contributed by atoms with van der Waals surface area (Å²) in [7, 11) is 0. The molecule has 174 valence electrons. The van der Waals surface area contributed by atoms with E-state index in [9.17, 15) is 14.4 Å². The summed E-state index contributed by atoms with van der Waals surface area (Å²) < 4.78 is 0. The molecular weight excluding hydrogens is 418 g/mol. The Morgan fingerprint density at radius 2 is 1.85 bits per heavy atom. The van der Waals surface area contributed by atoms with Crippen molar-refractivity contribution < 1.29 is 14.4 Å². The predicted octanol–water partition coefficient (Wildman–Crippen LogP) is 2.74. The number of rotatable bonds is 4. The molecule has 1 aromatic heterocycles. The van der Waals surface area contributed by atoms with E-state index in [4.69, 9.17) is 0 Å². The van der Waals surface area contributed by atoms with Crippen molar-refractivity contribution in [3.63, 3.8) is 0 Å².